The largest absolute Gasteiger partial charge is 0.394 e. The summed E-state index contributed by atoms with van der Waals surface area (Å²) >= 11 is 0. The Morgan fingerprint density at radius 3 is 1.21 bits per heavy atom. The molecular weight excluding hydrogens is 1370 g/mol. The zero-order valence-electron chi connectivity index (χ0n) is 54.4. The lowest BCUT2D eigenvalue weighted by Crippen LogP contribution is -2.70. The maximum absolute atomic E-state index is 12.9. The molecule has 100 heavy (non-hydrogen) atoms. The van der Waals surface area contributed by atoms with E-state index in [2.05, 4.69) is 21.3 Å². The van der Waals surface area contributed by atoms with Crippen molar-refractivity contribution in [3.63, 3.8) is 0 Å². The van der Waals surface area contributed by atoms with Crippen LogP contribution in [0.4, 0.5) is 0 Å². The van der Waals surface area contributed by atoms with Gasteiger partial charge in [0.15, 0.2) is 44.0 Å². The molecule has 4 amide bonds. The van der Waals surface area contributed by atoms with Gasteiger partial charge >= 0.3 is 0 Å². The van der Waals surface area contributed by atoms with Gasteiger partial charge in [0.25, 0.3) is 0 Å². The van der Waals surface area contributed by atoms with Gasteiger partial charge in [0.1, 0.15) is 183 Å². The second kappa shape index (κ2) is 37.1. The SMILES string of the molecule is CC(=O)N[C@H]1[C@H](O[C@@H]([C@@H](O)[C@H](O)CO[C@@H]2O[C@H](CO)[C@@H](O[C@@H]3O[C@H](CO)[C@H](O)[C@H](O[C@H]4O[C@H](CO)[C@H](O)[C@H](O)[C@H]4O)[C@H]3O[C@@H]3O[C@@H](C)[C@@H](O)[C@@H](O)[C@@H]3O)[C@H](O)[C@H]2NC(C)=O)[C@H](CO)NC(C)=O)O[C@H](CO)[C@@H](O[C@@H]2O[C@H](CO)[C@H](O[C@H]3O[C@H](CO)[C@@H](O)[C@H](O)[C@H]3NC(C)=O)[C@H](O)[C@H]2O)[C@@H]1O. The monoisotopic (exact) mass is 1460 g/mol. The number of amides is 4. The quantitative estimate of drug-likeness (QED) is 0.0331. The molecule has 0 bridgehead atoms. The maximum atomic E-state index is 12.9. The molecule has 39 atom stereocenters. The van der Waals surface area contributed by atoms with Crippen LogP contribution in [-0.2, 0) is 85.5 Å². The molecule has 7 heterocycles. The summed E-state index contributed by atoms with van der Waals surface area (Å²) in [6, 6.07) is -7.12. The van der Waals surface area contributed by atoms with Crippen molar-refractivity contribution in [2.75, 3.05) is 52.9 Å². The molecule has 7 rings (SSSR count). The summed E-state index contributed by atoms with van der Waals surface area (Å²) in [6.07, 6.45) is -69.0. The van der Waals surface area contributed by atoms with Crippen molar-refractivity contribution >= 4 is 23.6 Å². The first-order chi connectivity index (χ1) is 47.2. The Bertz CT molecular complexity index is 2560. The number of carbonyl (C=O) groups excluding carboxylic acids is 4. The van der Waals surface area contributed by atoms with Gasteiger partial charge in [-0.2, -0.15) is 0 Å². The summed E-state index contributed by atoms with van der Waals surface area (Å²) in [5.74, 6) is -3.49. The van der Waals surface area contributed by atoms with Crippen molar-refractivity contribution < 1.29 is 198 Å². The number of hydrogen-bond donors (Lipinski definition) is 26. The number of carbonyl (C=O) groups is 4. The Balaban J connectivity index is 1.10. The van der Waals surface area contributed by atoms with Gasteiger partial charge < -0.3 is 200 Å². The van der Waals surface area contributed by atoms with Crippen molar-refractivity contribution in [1.82, 2.24) is 21.3 Å². The molecule has 26 N–H and O–H groups in total. The van der Waals surface area contributed by atoms with Crippen LogP contribution in [0.5, 0.6) is 0 Å². The smallest absolute Gasteiger partial charge is 0.217 e. The molecule has 0 aliphatic carbocycles. The molecule has 44 heteroatoms. The Morgan fingerprint density at radius 2 is 0.720 bits per heavy atom. The van der Waals surface area contributed by atoms with Gasteiger partial charge in [0.2, 0.25) is 23.6 Å². The van der Waals surface area contributed by atoms with Crippen molar-refractivity contribution in [1.29, 1.82) is 0 Å². The molecule has 0 radical (unpaired) electrons. The van der Waals surface area contributed by atoms with Crippen LogP contribution in [0.3, 0.4) is 0 Å². The number of aliphatic hydroxyl groups excluding tert-OH is 22. The fourth-order valence-electron chi connectivity index (χ4n) is 12.5. The van der Waals surface area contributed by atoms with E-state index < -0.39 is 316 Å². The first kappa shape index (κ1) is 83.7. The van der Waals surface area contributed by atoms with E-state index in [1.165, 1.54) is 6.92 Å². The number of hydrogen-bond acceptors (Lipinski definition) is 40. The van der Waals surface area contributed by atoms with Gasteiger partial charge in [-0.1, -0.05) is 0 Å². The van der Waals surface area contributed by atoms with Gasteiger partial charge in [-0.25, -0.2) is 0 Å². The highest BCUT2D eigenvalue weighted by molar-refractivity contribution is 5.74. The average molecular weight is 1470 g/mol. The zero-order chi connectivity index (χ0) is 74.2. The molecule has 0 unspecified atom stereocenters. The van der Waals surface area contributed by atoms with Crippen LogP contribution >= 0.6 is 0 Å². The van der Waals surface area contributed by atoms with E-state index in [-0.39, 0.29) is 0 Å². The summed E-state index contributed by atoms with van der Waals surface area (Å²) < 4.78 is 82.0. The first-order valence-electron chi connectivity index (χ1n) is 31.9. The number of ether oxygens (including phenoxy) is 14. The van der Waals surface area contributed by atoms with Crippen molar-refractivity contribution in [2.24, 2.45) is 0 Å². The lowest BCUT2D eigenvalue weighted by atomic mass is 9.94. The number of rotatable bonds is 29. The summed E-state index contributed by atoms with van der Waals surface area (Å²) in [5, 5.41) is 250. The number of nitrogens with one attached hydrogen (secondary N) is 4. The van der Waals surface area contributed by atoms with Gasteiger partial charge in [-0.3, -0.25) is 19.2 Å². The topological polar surface area (TPSA) is 691 Å². The van der Waals surface area contributed by atoms with Crippen LogP contribution in [0.25, 0.3) is 0 Å². The van der Waals surface area contributed by atoms with Crippen LogP contribution in [0.15, 0.2) is 0 Å². The van der Waals surface area contributed by atoms with Crippen LogP contribution in [0.1, 0.15) is 34.6 Å². The third-order valence-electron chi connectivity index (χ3n) is 17.9. The van der Waals surface area contributed by atoms with Crippen molar-refractivity contribution in [3.8, 4) is 0 Å². The van der Waals surface area contributed by atoms with Gasteiger partial charge in [0, 0.05) is 27.7 Å². The fraction of sp³-hybridized carbons (Fsp3) is 0.929. The second-order valence-corrected chi connectivity index (χ2v) is 25.1. The first-order valence-corrected chi connectivity index (χ1v) is 31.9. The van der Waals surface area contributed by atoms with Crippen LogP contribution < -0.4 is 21.3 Å². The Kier molecular flexibility index (Phi) is 31.1. The molecule has 0 spiro atoms. The number of aliphatic hydroxyl groups is 22. The maximum Gasteiger partial charge on any atom is 0.217 e. The third kappa shape index (κ3) is 19.2. The van der Waals surface area contributed by atoms with E-state index in [1.807, 2.05) is 0 Å². The molecule has 7 fully saturated rings. The van der Waals surface area contributed by atoms with Crippen molar-refractivity contribution in [3.05, 3.63) is 0 Å². The molecule has 0 aromatic carbocycles. The molecule has 0 aromatic heterocycles. The highest BCUT2D eigenvalue weighted by Crippen LogP contribution is 2.38. The molecule has 7 saturated heterocycles. The molecule has 44 nitrogen and oxygen atoms in total. The third-order valence-corrected chi connectivity index (χ3v) is 17.9. The summed E-state index contributed by atoms with van der Waals surface area (Å²) in [6.45, 7) is -3.33. The van der Waals surface area contributed by atoms with Crippen LogP contribution in [0, 0.1) is 0 Å². The second-order valence-electron chi connectivity index (χ2n) is 25.1. The van der Waals surface area contributed by atoms with Gasteiger partial charge in [-0.15, -0.1) is 0 Å². The Morgan fingerprint density at radius 1 is 0.360 bits per heavy atom. The molecule has 7 aliphatic rings. The fourth-order valence-corrected chi connectivity index (χ4v) is 12.5. The van der Waals surface area contributed by atoms with Crippen molar-refractivity contribution in [2.45, 2.75) is 274 Å². The molecular formula is C56H96N4O40. The van der Waals surface area contributed by atoms with E-state index >= 15 is 0 Å². The average Bonchev–Trinajstić information content (AvgIpc) is 0.771. The van der Waals surface area contributed by atoms with Crippen LogP contribution in [0.2, 0.25) is 0 Å². The normalized spacial score (nSPS) is 45.4. The predicted molar refractivity (Wildman–Crippen MR) is 312 cm³/mol. The zero-order valence-corrected chi connectivity index (χ0v) is 54.4. The van der Waals surface area contributed by atoms with Crippen LogP contribution in [-0.4, -0.2) is 428 Å². The highest BCUT2D eigenvalue weighted by atomic mass is 16.8. The van der Waals surface area contributed by atoms with E-state index in [0.717, 1.165) is 27.7 Å². The Labute approximate surface area is 568 Å². The molecule has 7 aliphatic heterocycles. The van der Waals surface area contributed by atoms with E-state index in [4.69, 9.17) is 66.3 Å². The Hall–Kier alpha value is -3.56. The van der Waals surface area contributed by atoms with Gasteiger partial charge in [0.05, 0.1) is 65.0 Å². The van der Waals surface area contributed by atoms with E-state index in [1.54, 1.807) is 0 Å². The molecule has 0 aromatic rings. The van der Waals surface area contributed by atoms with E-state index in [0.29, 0.717) is 0 Å². The predicted octanol–water partition coefficient (Wildman–Crippen LogP) is -17.2. The highest BCUT2D eigenvalue weighted by Gasteiger charge is 2.59. The van der Waals surface area contributed by atoms with Gasteiger partial charge in [-0.05, 0) is 6.92 Å². The summed E-state index contributed by atoms with van der Waals surface area (Å²) in [7, 11) is 0. The lowest BCUT2D eigenvalue weighted by molar-refractivity contribution is -0.402. The lowest BCUT2D eigenvalue weighted by Gasteiger charge is -2.51. The minimum absolute atomic E-state index is 0.754. The standard InChI is InChI=1S/C56H96N4O40/c1-14-30(73)38(81)41(84)53(88-14)100-49-48(99-54-42(85)39(82)33(76)22(8-63)90-54)34(77)23(9-64)91-56(49)98-46-24(10-65)92-50(28(36(46)79)59-17(4)70)87-13-20(72)31(74)44(19(6-61)57-15(2)68)95-52-29(60-18(5)71)37(80)45(25(11-66)93-52)97-55-43(86)40(83)47(26(12-67)94-55)96-51-27(58-16(3)69)35(78)32(75)21(7-62)89-51/h14,19-56,61-67,72-86H,6-13H2,1-5H3,(H,57,68)(H,58,69)(H,59,70)(H,60,71)/t14-,19-,20+,21+,22+,23+,24+,25+,26+,27+,28+,29+,30+,31-,32+,33-,34-,35+,36+,37+,38+,39-,40+,41-,42+,43+,44+,45+,46+,47-,48-,49+,50+,51+,52-,53-,54+,55-,56-/m0/s1. The minimum Gasteiger partial charge on any atom is -0.394 e. The molecule has 0 saturated carbocycles. The summed E-state index contributed by atoms with van der Waals surface area (Å²) in [4.78, 5) is 50.4. The minimum atomic E-state index is -2.41. The molecule has 580 valence electrons. The summed E-state index contributed by atoms with van der Waals surface area (Å²) in [5.41, 5.74) is 0. The van der Waals surface area contributed by atoms with E-state index in [9.17, 15) is 132 Å².